The maximum atomic E-state index is 12.3. The van der Waals surface area contributed by atoms with Crippen molar-refractivity contribution in [2.45, 2.75) is 52.5 Å². The Morgan fingerprint density at radius 3 is 1.34 bits per heavy atom. The third-order valence-corrected chi connectivity index (χ3v) is 5.79. The number of hydrogen-bond donors (Lipinski definition) is 2. The third-order valence-electron chi connectivity index (χ3n) is 4.76. The van der Waals surface area contributed by atoms with Gasteiger partial charge >= 0.3 is 0 Å². The summed E-state index contributed by atoms with van der Waals surface area (Å²) in [5.74, 6) is -1.29. The number of hydrogen-bond acceptors (Lipinski definition) is 2. The van der Waals surface area contributed by atoms with Gasteiger partial charge in [0.2, 0.25) is 11.6 Å². The molecule has 29 heavy (non-hydrogen) atoms. The summed E-state index contributed by atoms with van der Waals surface area (Å²) < 4.78 is -4.12. The molecule has 0 aliphatic rings. The van der Waals surface area contributed by atoms with Crippen LogP contribution in [0.1, 0.15) is 71.9 Å². The monoisotopic (exact) mass is 518 g/mol. The summed E-state index contributed by atoms with van der Waals surface area (Å²) in [4.78, 5) is 30.9. The SMILES string of the molecule is CCCC(CCC)(c1ccc(C(=O)C(Cl)(Cl)Cl)[nH]1)c1ccc(C(=O)C(Cl)(Cl)Cl)[nH]1. The summed E-state index contributed by atoms with van der Waals surface area (Å²) in [6.45, 7) is 4.11. The molecule has 0 saturated heterocycles. The van der Waals surface area contributed by atoms with Crippen molar-refractivity contribution < 1.29 is 9.59 Å². The third kappa shape index (κ3) is 5.47. The van der Waals surface area contributed by atoms with Crippen LogP contribution in [0.4, 0.5) is 0 Å². The second-order valence-corrected chi connectivity index (χ2v) is 11.4. The van der Waals surface area contributed by atoms with Crippen molar-refractivity contribution in [3.63, 3.8) is 0 Å². The number of ketones is 2. The van der Waals surface area contributed by atoms with Gasteiger partial charge < -0.3 is 9.97 Å². The molecule has 0 atom stereocenters. The van der Waals surface area contributed by atoms with Crippen LogP contribution in [0, 0.1) is 0 Å². The van der Waals surface area contributed by atoms with Crippen LogP contribution in [-0.2, 0) is 5.41 Å². The largest absolute Gasteiger partial charge is 0.355 e. The van der Waals surface area contributed by atoms with E-state index in [1.165, 1.54) is 0 Å². The molecule has 0 unspecified atom stereocenters. The van der Waals surface area contributed by atoms with Crippen LogP contribution in [0.15, 0.2) is 24.3 Å². The van der Waals surface area contributed by atoms with Crippen molar-refractivity contribution in [2.24, 2.45) is 0 Å². The summed E-state index contributed by atoms with van der Waals surface area (Å²) in [5, 5.41) is 0. The van der Waals surface area contributed by atoms with E-state index >= 15 is 0 Å². The van der Waals surface area contributed by atoms with E-state index in [0.29, 0.717) is 0 Å². The van der Waals surface area contributed by atoms with Crippen molar-refractivity contribution in [1.82, 2.24) is 9.97 Å². The maximum absolute atomic E-state index is 12.3. The van der Waals surface area contributed by atoms with E-state index in [9.17, 15) is 9.59 Å². The van der Waals surface area contributed by atoms with E-state index in [4.69, 9.17) is 69.6 Å². The van der Waals surface area contributed by atoms with E-state index in [-0.39, 0.29) is 11.4 Å². The number of halogens is 6. The van der Waals surface area contributed by atoms with Crippen LogP contribution in [-0.4, -0.2) is 29.1 Å². The highest BCUT2D eigenvalue weighted by molar-refractivity contribution is 6.78. The molecule has 0 saturated carbocycles. The fourth-order valence-corrected chi connectivity index (χ4v) is 4.19. The van der Waals surface area contributed by atoms with Gasteiger partial charge in [0.05, 0.1) is 16.8 Å². The molecule has 2 heterocycles. The van der Waals surface area contributed by atoms with Crippen LogP contribution in [0.3, 0.4) is 0 Å². The maximum Gasteiger partial charge on any atom is 0.254 e. The summed E-state index contributed by atoms with van der Waals surface area (Å²) in [7, 11) is 0. The minimum absolute atomic E-state index is 0.195. The number of rotatable bonds is 8. The first-order chi connectivity index (χ1) is 13.4. The average molecular weight is 521 g/mol. The van der Waals surface area contributed by atoms with Crippen molar-refractivity contribution >= 4 is 81.2 Å². The zero-order valence-corrected chi connectivity index (χ0v) is 20.3. The molecule has 2 aromatic heterocycles. The number of alkyl halides is 6. The van der Waals surface area contributed by atoms with E-state index in [0.717, 1.165) is 37.1 Å². The van der Waals surface area contributed by atoms with Gasteiger partial charge in [-0.3, -0.25) is 9.59 Å². The normalized spacial score (nSPS) is 13.0. The first-order valence-corrected chi connectivity index (χ1v) is 11.3. The van der Waals surface area contributed by atoms with Crippen LogP contribution >= 0.6 is 69.6 Å². The Bertz CT molecular complexity index is 804. The van der Waals surface area contributed by atoms with Crippen LogP contribution in [0.2, 0.25) is 0 Å². The molecule has 160 valence electrons. The first-order valence-electron chi connectivity index (χ1n) is 8.98. The lowest BCUT2D eigenvalue weighted by atomic mass is 9.74. The molecule has 0 bridgehead atoms. The summed E-state index contributed by atoms with van der Waals surface area (Å²) in [5.41, 5.74) is 1.41. The second kappa shape index (κ2) is 9.42. The highest BCUT2D eigenvalue weighted by Crippen LogP contribution is 2.41. The Hall–Kier alpha value is -0.360. The molecular formula is C19H20Cl6N2O2. The number of aromatic nitrogens is 2. The number of carbonyl (C=O) groups excluding carboxylic acids is 2. The van der Waals surface area contributed by atoms with Crippen LogP contribution in [0.5, 0.6) is 0 Å². The Morgan fingerprint density at radius 2 is 1.07 bits per heavy atom. The van der Waals surface area contributed by atoms with Crippen LogP contribution < -0.4 is 0 Å². The number of carbonyl (C=O) groups is 2. The topological polar surface area (TPSA) is 65.7 Å². The van der Waals surface area contributed by atoms with E-state index in [2.05, 4.69) is 23.8 Å². The van der Waals surface area contributed by atoms with Crippen molar-refractivity contribution in [3.05, 3.63) is 47.0 Å². The van der Waals surface area contributed by atoms with E-state index in [1.807, 2.05) is 0 Å². The standard InChI is InChI=1S/C19H20Cl6N2O2/c1-3-9-17(10-4-2,13-7-5-11(26-13)15(28)18(20,21)22)14-8-6-12(27-14)16(29)19(23,24)25/h5-8,26-27H,3-4,9-10H2,1-2H3. The van der Waals surface area contributed by atoms with Gasteiger partial charge in [-0.25, -0.2) is 0 Å². The minimum Gasteiger partial charge on any atom is -0.355 e. The Kier molecular flexibility index (Phi) is 8.09. The number of H-pyrrole nitrogens is 2. The fraction of sp³-hybridized carbons (Fsp3) is 0.474. The smallest absolute Gasteiger partial charge is 0.254 e. The van der Waals surface area contributed by atoms with Gasteiger partial charge in [0.1, 0.15) is 0 Å². The molecule has 0 spiro atoms. The van der Waals surface area contributed by atoms with Crippen LogP contribution in [0.25, 0.3) is 0 Å². The van der Waals surface area contributed by atoms with Gasteiger partial charge in [-0.1, -0.05) is 96.3 Å². The van der Waals surface area contributed by atoms with E-state index in [1.54, 1.807) is 24.3 Å². The molecule has 0 aliphatic carbocycles. The molecule has 2 aromatic rings. The summed E-state index contributed by atoms with van der Waals surface area (Å²) in [6.07, 6.45) is 3.17. The minimum atomic E-state index is -2.06. The van der Waals surface area contributed by atoms with Gasteiger partial charge in [0.25, 0.3) is 7.59 Å². The highest BCUT2D eigenvalue weighted by Gasteiger charge is 2.39. The van der Waals surface area contributed by atoms with Crippen molar-refractivity contribution in [2.75, 3.05) is 0 Å². The Balaban J connectivity index is 2.56. The molecule has 0 aromatic carbocycles. The molecule has 2 rings (SSSR count). The van der Waals surface area contributed by atoms with Crippen molar-refractivity contribution in [3.8, 4) is 0 Å². The lowest BCUT2D eigenvalue weighted by Crippen LogP contribution is -2.29. The summed E-state index contributed by atoms with van der Waals surface area (Å²) >= 11 is 34.5. The average Bonchev–Trinajstić information content (AvgIpc) is 3.28. The highest BCUT2D eigenvalue weighted by atomic mass is 35.6. The van der Waals surface area contributed by atoms with Crippen molar-refractivity contribution in [1.29, 1.82) is 0 Å². The Labute approximate surface area is 199 Å². The van der Waals surface area contributed by atoms with Gasteiger partial charge in [0.15, 0.2) is 0 Å². The predicted octanol–water partition coefficient (Wildman–Crippen LogP) is 7.33. The summed E-state index contributed by atoms with van der Waals surface area (Å²) in [6, 6.07) is 6.78. The Morgan fingerprint density at radius 1 is 0.724 bits per heavy atom. The first kappa shape index (κ1) is 24.9. The molecule has 10 heteroatoms. The zero-order chi connectivity index (χ0) is 22.0. The molecule has 4 nitrogen and oxygen atoms in total. The molecule has 0 aliphatic heterocycles. The van der Waals surface area contributed by atoms with E-state index < -0.39 is 24.6 Å². The second-order valence-electron chi connectivity index (χ2n) is 6.81. The molecule has 0 radical (unpaired) electrons. The van der Waals surface area contributed by atoms with Gasteiger partial charge in [0, 0.05) is 11.4 Å². The fourth-order valence-electron chi connectivity index (χ4n) is 3.58. The molecule has 0 fully saturated rings. The number of aromatic amines is 2. The number of nitrogens with one attached hydrogen (secondary N) is 2. The predicted molar refractivity (Wildman–Crippen MR) is 121 cm³/mol. The lowest BCUT2D eigenvalue weighted by Gasteiger charge is -2.32. The van der Waals surface area contributed by atoms with Gasteiger partial charge in [-0.2, -0.15) is 0 Å². The zero-order valence-electron chi connectivity index (χ0n) is 15.7. The molecular weight excluding hydrogens is 501 g/mol. The quantitative estimate of drug-likeness (QED) is 0.282. The molecule has 2 N–H and O–H groups in total. The molecule has 0 amide bonds. The van der Waals surface area contributed by atoms with Gasteiger partial charge in [-0.15, -0.1) is 0 Å². The number of Topliss-reactive ketones (excluding diaryl/α,β-unsaturated/α-hetero) is 2. The van der Waals surface area contributed by atoms with Gasteiger partial charge in [-0.05, 0) is 37.1 Å². The lowest BCUT2D eigenvalue weighted by molar-refractivity contribution is 0.0984.